The van der Waals surface area contributed by atoms with Crippen LogP contribution in [0.15, 0.2) is 42.5 Å². The average molecular weight is 408 g/mol. The maximum Gasteiger partial charge on any atom is 0.313 e. The Hall–Kier alpha value is -3.68. The van der Waals surface area contributed by atoms with E-state index in [1.165, 1.54) is 32.3 Å². The normalized spacial score (nSPS) is 16.9. The Balaban J connectivity index is 1.77. The number of rotatable bonds is 4. The highest BCUT2D eigenvalue weighted by molar-refractivity contribution is 6.39. The lowest BCUT2D eigenvalue weighted by Gasteiger charge is -2.18. The molecular formula is C22H24N4O4. The van der Waals surface area contributed by atoms with Gasteiger partial charge in [0.15, 0.2) is 0 Å². The number of hydrogen-bond donors (Lipinski definition) is 4. The fraction of sp³-hybridized carbons (Fsp3) is 0.273. The Bertz CT molecular complexity index is 984. The number of carbonyl (C=O) groups excluding carboxylic acids is 4. The fourth-order valence-electron chi connectivity index (χ4n) is 3.66. The number of anilines is 1. The van der Waals surface area contributed by atoms with E-state index in [9.17, 15) is 19.2 Å². The summed E-state index contributed by atoms with van der Waals surface area (Å²) in [5.74, 6) is -2.33. The predicted molar refractivity (Wildman–Crippen MR) is 112 cm³/mol. The van der Waals surface area contributed by atoms with Crippen LogP contribution in [-0.4, -0.2) is 37.7 Å². The summed E-state index contributed by atoms with van der Waals surface area (Å²) in [6.45, 7) is 2.02. The smallest absolute Gasteiger partial charge is 0.313 e. The quantitative estimate of drug-likeness (QED) is 0.572. The average Bonchev–Trinajstić information content (AvgIpc) is 3.07. The van der Waals surface area contributed by atoms with E-state index in [2.05, 4.69) is 21.3 Å². The predicted octanol–water partition coefficient (Wildman–Crippen LogP) is 1.39. The summed E-state index contributed by atoms with van der Waals surface area (Å²) in [5, 5.41) is 10.2. The largest absolute Gasteiger partial charge is 0.355 e. The van der Waals surface area contributed by atoms with Crippen molar-refractivity contribution in [2.75, 3.05) is 19.4 Å². The summed E-state index contributed by atoms with van der Waals surface area (Å²) >= 11 is 0. The van der Waals surface area contributed by atoms with Gasteiger partial charge >= 0.3 is 11.8 Å². The van der Waals surface area contributed by atoms with Crippen molar-refractivity contribution in [3.05, 3.63) is 64.7 Å². The Kier molecular flexibility index (Phi) is 6.15. The third kappa shape index (κ3) is 4.32. The lowest BCUT2D eigenvalue weighted by molar-refractivity contribution is -0.136. The van der Waals surface area contributed by atoms with Crippen molar-refractivity contribution in [3.8, 4) is 0 Å². The molecule has 2 aromatic rings. The molecule has 0 saturated heterocycles. The van der Waals surface area contributed by atoms with Crippen molar-refractivity contribution in [1.29, 1.82) is 0 Å². The third-order valence-electron chi connectivity index (χ3n) is 5.16. The van der Waals surface area contributed by atoms with Gasteiger partial charge in [-0.1, -0.05) is 31.2 Å². The van der Waals surface area contributed by atoms with Crippen molar-refractivity contribution >= 4 is 29.3 Å². The molecule has 2 unspecified atom stereocenters. The number of hydrogen-bond acceptors (Lipinski definition) is 4. The molecule has 30 heavy (non-hydrogen) atoms. The van der Waals surface area contributed by atoms with Crippen LogP contribution in [0, 0.1) is 5.92 Å². The van der Waals surface area contributed by atoms with E-state index in [4.69, 9.17) is 0 Å². The van der Waals surface area contributed by atoms with E-state index in [1.54, 1.807) is 0 Å². The van der Waals surface area contributed by atoms with Crippen molar-refractivity contribution in [2.24, 2.45) is 5.92 Å². The first-order chi connectivity index (χ1) is 14.3. The topological polar surface area (TPSA) is 116 Å². The molecule has 0 aromatic heterocycles. The van der Waals surface area contributed by atoms with Gasteiger partial charge in [0, 0.05) is 30.9 Å². The van der Waals surface area contributed by atoms with E-state index in [0.717, 1.165) is 17.5 Å². The van der Waals surface area contributed by atoms with Crippen LogP contribution in [0.2, 0.25) is 0 Å². The Morgan fingerprint density at radius 1 is 0.867 bits per heavy atom. The second-order valence-electron chi connectivity index (χ2n) is 7.24. The zero-order chi connectivity index (χ0) is 21.8. The molecule has 0 spiro atoms. The van der Waals surface area contributed by atoms with Gasteiger partial charge in [0.05, 0.1) is 6.04 Å². The van der Waals surface area contributed by atoms with Crippen LogP contribution >= 0.6 is 0 Å². The maximum atomic E-state index is 12.5. The molecule has 4 amide bonds. The first-order valence-electron chi connectivity index (χ1n) is 9.63. The SMILES string of the molecule is CNC(=O)c1cc(NC(=O)C(=O)NC2c3ccccc3CC2C)cc(C(=O)NC)c1. The molecule has 0 fully saturated rings. The number of amides is 4. The van der Waals surface area contributed by atoms with Crippen LogP contribution in [0.1, 0.15) is 44.8 Å². The van der Waals surface area contributed by atoms with Crippen LogP contribution in [-0.2, 0) is 16.0 Å². The van der Waals surface area contributed by atoms with Gasteiger partial charge in [-0.15, -0.1) is 0 Å². The fourth-order valence-corrected chi connectivity index (χ4v) is 3.66. The molecule has 0 bridgehead atoms. The standard InChI is InChI=1S/C22H24N4O4/c1-12-8-13-6-4-5-7-17(13)18(12)26-22(30)21(29)25-16-10-14(19(27)23-2)9-15(11-16)20(28)24-3/h4-7,9-12,18H,8H2,1-3H3,(H,23,27)(H,24,28)(H,25,29)(H,26,30). The first kappa shape index (κ1) is 21.0. The molecule has 2 atom stereocenters. The van der Waals surface area contributed by atoms with Gasteiger partial charge < -0.3 is 21.3 Å². The van der Waals surface area contributed by atoms with Gasteiger partial charge in [0.25, 0.3) is 11.8 Å². The minimum absolute atomic E-state index is 0.163. The molecule has 0 saturated carbocycles. The summed E-state index contributed by atoms with van der Waals surface area (Å²) in [6.07, 6.45) is 0.826. The highest BCUT2D eigenvalue weighted by Gasteiger charge is 2.31. The van der Waals surface area contributed by atoms with E-state index in [-0.39, 0.29) is 28.8 Å². The van der Waals surface area contributed by atoms with E-state index >= 15 is 0 Å². The minimum atomic E-state index is -0.872. The zero-order valence-electron chi connectivity index (χ0n) is 17.0. The Labute approximate surface area is 174 Å². The summed E-state index contributed by atoms with van der Waals surface area (Å²) in [6, 6.07) is 11.8. The highest BCUT2D eigenvalue weighted by Crippen LogP contribution is 2.35. The lowest BCUT2D eigenvalue weighted by atomic mass is 10.0. The molecule has 8 heteroatoms. The first-order valence-corrected chi connectivity index (χ1v) is 9.63. The molecule has 0 heterocycles. The molecule has 0 aliphatic heterocycles. The van der Waals surface area contributed by atoms with Gasteiger partial charge in [-0.05, 0) is 41.7 Å². The number of nitrogens with one attached hydrogen (secondary N) is 4. The molecule has 3 rings (SSSR count). The second kappa shape index (κ2) is 8.77. The van der Waals surface area contributed by atoms with E-state index in [1.807, 2.05) is 31.2 Å². The van der Waals surface area contributed by atoms with Crippen LogP contribution in [0.3, 0.4) is 0 Å². The number of benzene rings is 2. The zero-order valence-corrected chi connectivity index (χ0v) is 17.0. The molecule has 0 radical (unpaired) electrons. The van der Waals surface area contributed by atoms with Crippen molar-refractivity contribution in [2.45, 2.75) is 19.4 Å². The Morgan fingerprint density at radius 3 is 2.07 bits per heavy atom. The molecule has 1 aliphatic carbocycles. The van der Waals surface area contributed by atoms with Crippen LogP contribution in [0.5, 0.6) is 0 Å². The van der Waals surface area contributed by atoms with Gasteiger partial charge in [-0.3, -0.25) is 19.2 Å². The molecular weight excluding hydrogens is 384 g/mol. The summed E-state index contributed by atoms with van der Waals surface area (Å²) in [7, 11) is 2.92. The Morgan fingerprint density at radius 2 is 1.47 bits per heavy atom. The third-order valence-corrected chi connectivity index (χ3v) is 5.16. The number of carbonyl (C=O) groups is 4. The van der Waals surface area contributed by atoms with Gasteiger partial charge in [0.2, 0.25) is 0 Å². The number of fused-ring (bicyclic) bond motifs is 1. The minimum Gasteiger partial charge on any atom is -0.355 e. The van der Waals surface area contributed by atoms with Crippen molar-refractivity contribution < 1.29 is 19.2 Å². The highest BCUT2D eigenvalue weighted by atomic mass is 16.2. The maximum absolute atomic E-state index is 12.5. The van der Waals surface area contributed by atoms with Gasteiger partial charge in [0.1, 0.15) is 0 Å². The molecule has 2 aromatic carbocycles. The van der Waals surface area contributed by atoms with Gasteiger partial charge in [-0.25, -0.2) is 0 Å². The molecule has 156 valence electrons. The van der Waals surface area contributed by atoms with Crippen molar-refractivity contribution in [3.63, 3.8) is 0 Å². The molecule has 8 nitrogen and oxygen atoms in total. The van der Waals surface area contributed by atoms with Crippen LogP contribution in [0.4, 0.5) is 5.69 Å². The molecule has 1 aliphatic rings. The van der Waals surface area contributed by atoms with Crippen molar-refractivity contribution in [1.82, 2.24) is 16.0 Å². The van der Waals surface area contributed by atoms with Crippen LogP contribution in [0.25, 0.3) is 0 Å². The lowest BCUT2D eigenvalue weighted by Crippen LogP contribution is -2.39. The van der Waals surface area contributed by atoms with Gasteiger partial charge in [-0.2, -0.15) is 0 Å². The molecule has 4 N–H and O–H groups in total. The van der Waals surface area contributed by atoms with E-state index < -0.39 is 23.6 Å². The second-order valence-corrected chi connectivity index (χ2v) is 7.24. The summed E-state index contributed by atoms with van der Waals surface area (Å²) < 4.78 is 0. The monoisotopic (exact) mass is 408 g/mol. The van der Waals surface area contributed by atoms with E-state index in [0.29, 0.717) is 0 Å². The van der Waals surface area contributed by atoms with Crippen LogP contribution < -0.4 is 21.3 Å². The summed E-state index contributed by atoms with van der Waals surface area (Å²) in [4.78, 5) is 49.0. The summed E-state index contributed by atoms with van der Waals surface area (Å²) in [5.41, 5.74) is 2.72.